The van der Waals surface area contributed by atoms with Crippen LogP contribution in [0.2, 0.25) is 0 Å². The first-order chi connectivity index (χ1) is 23.6. The number of benzene rings is 1. The van der Waals surface area contributed by atoms with Gasteiger partial charge in [0.2, 0.25) is 0 Å². The molecule has 0 heterocycles. The zero-order valence-corrected chi connectivity index (χ0v) is 33.4. The van der Waals surface area contributed by atoms with Crippen LogP contribution in [0.4, 0.5) is 0 Å². The van der Waals surface area contributed by atoms with Gasteiger partial charge in [0.05, 0.1) is 0 Å². The van der Waals surface area contributed by atoms with Crippen LogP contribution in [0.3, 0.4) is 0 Å². The average Bonchev–Trinajstić information content (AvgIpc) is 3.09. The van der Waals surface area contributed by atoms with Crippen molar-refractivity contribution in [1.29, 1.82) is 0 Å². The summed E-state index contributed by atoms with van der Waals surface area (Å²) in [5.41, 5.74) is 4.43. The van der Waals surface area contributed by atoms with E-state index in [1.807, 2.05) is 0 Å². The standard InChI is InChI=1S/C46H86O2/c1-5-9-13-17-21-25-29-33-37-41-42(38-34-30-26-22-18-14-10-6-2)46(48)44(40-36-32-28-24-20-16-12-8-4)43(45(41)47)39-35-31-27-23-19-15-11-7-3/h47-48H,5-40H2,1-4H3. The van der Waals surface area contributed by atoms with E-state index in [-0.39, 0.29) is 0 Å². The van der Waals surface area contributed by atoms with Crippen LogP contribution >= 0.6 is 0 Å². The summed E-state index contributed by atoms with van der Waals surface area (Å²) >= 11 is 0. The van der Waals surface area contributed by atoms with E-state index in [1.54, 1.807) is 0 Å². The van der Waals surface area contributed by atoms with Crippen LogP contribution in [0.25, 0.3) is 0 Å². The van der Waals surface area contributed by atoms with Gasteiger partial charge in [-0.2, -0.15) is 0 Å². The molecule has 2 nitrogen and oxygen atoms in total. The predicted molar refractivity (Wildman–Crippen MR) is 215 cm³/mol. The van der Waals surface area contributed by atoms with Crippen molar-refractivity contribution in [3.05, 3.63) is 22.3 Å². The Bertz CT molecular complexity index is 709. The molecule has 0 fully saturated rings. The van der Waals surface area contributed by atoms with E-state index < -0.39 is 0 Å². The summed E-state index contributed by atoms with van der Waals surface area (Å²) in [6.45, 7) is 9.15. The van der Waals surface area contributed by atoms with Crippen LogP contribution in [-0.2, 0) is 25.7 Å². The number of aromatic hydroxyl groups is 2. The highest BCUT2D eigenvalue weighted by Gasteiger charge is 2.23. The largest absolute Gasteiger partial charge is 0.507 e. The van der Waals surface area contributed by atoms with Gasteiger partial charge in [0.15, 0.2) is 0 Å². The molecule has 0 radical (unpaired) electrons. The van der Waals surface area contributed by atoms with Gasteiger partial charge in [-0.15, -0.1) is 0 Å². The van der Waals surface area contributed by atoms with Crippen molar-refractivity contribution in [3.63, 3.8) is 0 Å². The molecule has 0 aliphatic carbocycles. The highest BCUT2D eigenvalue weighted by atomic mass is 16.3. The molecule has 0 aliphatic heterocycles. The molecule has 0 bridgehead atoms. The summed E-state index contributed by atoms with van der Waals surface area (Å²) in [4.78, 5) is 0. The van der Waals surface area contributed by atoms with Crippen LogP contribution in [0.5, 0.6) is 11.5 Å². The van der Waals surface area contributed by atoms with Gasteiger partial charge in [-0.25, -0.2) is 0 Å². The fourth-order valence-corrected chi connectivity index (χ4v) is 7.76. The second-order valence-corrected chi connectivity index (χ2v) is 15.5. The van der Waals surface area contributed by atoms with Crippen LogP contribution in [0.15, 0.2) is 0 Å². The van der Waals surface area contributed by atoms with Crippen molar-refractivity contribution in [2.45, 2.75) is 259 Å². The summed E-state index contributed by atoms with van der Waals surface area (Å²) in [5, 5.41) is 24.0. The summed E-state index contributed by atoms with van der Waals surface area (Å²) in [5.74, 6) is 1.14. The third-order valence-corrected chi connectivity index (χ3v) is 11.0. The van der Waals surface area contributed by atoms with Crippen molar-refractivity contribution in [2.75, 3.05) is 0 Å². The average molecular weight is 671 g/mol. The predicted octanol–water partition coefficient (Wildman–Crippen LogP) is 15.8. The number of unbranched alkanes of at least 4 members (excludes halogenated alkanes) is 28. The van der Waals surface area contributed by atoms with Gasteiger partial charge < -0.3 is 10.2 Å². The molecule has 2 heteroatoms. The second kappa shape index (κ2) is 33.0. The highest BCUT2D eigenvalue weighted by molar-refractivity contribution is 5.58. The first-order valence-electron chi connectivity index (χ1n) is 22.2. The quantitative estimate of drug-likeness (QED) is 0.0551. The van der Waals surface area contributed by atoms with Gasteiger partial charge in [0, 0.05) is 22.3 Å². The van der Waals surface area contributed by atoms with Crippen molar-refractivity contribution in [1.82, 2.24) is 0 Å². The Labute approximate surface area is 302 Å². The van der Waals surface area contributed by atoms with Crippen molar-refractivity contribution >= 4 is 0 Å². The molecule has 0 atom stereocenters. The molecule has 1 rings (SSSR count). The van der Waals surface area contributed by atoms with Crippen molar-refractivity contribution in [3.8, 4) is 11.5 Å². The third kappa shape index (κ3) is 21.8. The van der Waals surface area contributed by atoms with Gasteiger partial charge >= 0.3 is 0 Å². The number of phenolic OH excluding ortho intramolecular Hbond substituents is 2. The number of hydrogen-bond donors (Lipinski definition) is 2. The molecule has 282 valence electrons. The minimum absolute atomic E-state index is 0.572. The Hall–Kier alpha value is -1.18. The van der Waals surface area contributed by atoms with E-state index >= 15 is 0 Å². The molecular formula is C46H86O2. The van der Waals surface area contributed by atoms with Gasteiger partial charge in [0.25, 0.3) is 0 Å². The van der Waals surface area contributed by atoms with E-state index in [9.17, 15) is 10.2 Å². The normalized spacial score (nSPS) is 11.6. The summed E-state index contributed by atoms with van der Waals surface area (Å²) in [7, 11) is 0. The molecule has 0 spiro atoms. The zero-order chi connectivity index (χ0) is 34.9. The smallest absolute Gasteiger partial charge is 0.122 e. The Morgan fingerprint density at radius 1 is 0.229 bits per heavy atom. The van der Waals surface area contributed by atoms with Gasteiger partial charge in [-0.05, 0) is 51.4 Å². The topological polar surface area (TPSA) is 40.5 Å². The summed E-state index contributed by atoms with van der Waals surface area (Å²) in [6.07, 6.45) is 45.3. The van der Waals surface area contributed by atoms with Gasteiger partial charge in [-0.1, -0.05) is 207 Å². The van der Waals surface area contributed by atoms with Crippen LogP contribution in [0.1, 0.15) is 255 Å². The molecule has 0 aliphatic rings. The van der Waals surface area contributed by atoms with Crippen LogP contribution < -0.4 is 0 Å². The van der Waals surface area contributed by atoms with E-state index in [4.69, 9.17) is 0 Å². The van der Waals surface area contributed by atoms with Crippen LogP contribution in [-0.4, -0.2) is 10.2 Å². The molecule has 48 heavy (non-hydrogen) atoms. The molecule has 1 aromatic carbocycles. The highest BCUT2D eigenvalue weighted by Crippen LogP contribution is 2.41. The molecule has 2 N–H and O–H groups in total. The SMILES string of the molecule is CCCCCCCCCCc1c(O)c(CCCCCCCCCC)c(CCCCCCCCCC)c(O)c1CCCCCCCCCC. The van der Waals surface area contributed by atoms with Crippen LogP contribution in [0, 0.1) is 0 Å². The Kier molecular flexibility index (Phi) is 30.8. The lowest BCUT2D eigenvalue weighted by atomic mass is 9.85. The molecule has 1 aromatic rings. The second-order valence-electron chi connectivity index (χ2n) is 15.5. The first kappa shape index (κ1) is 44.8. The Balaban J connectivity index is 3.03. The monoisotopic (exact) mass is 671 g/mol. The zero-order valence-electron chi connectivity index (χ0n) is 33.4. The molecule has 0 unspecified atom stereocenters. The maximum absolute atomic E-state index is 12.0. The third-order valence-electron chi connectivity index (χ3n) is 11.0. The number of rotatable bonds is 36. The number of phenols is 2. The van der Waals surface area contributed by atoms with E-state index in [0.717, 1.165) is 73.6 Å². The molecule has 0 saturated carbocycles. The lowest BCUT2D eigenvalue weighted by molar-refractivity contribution is 0.429. The summed E-state index contributed by atoms with van der Waals surface area (Å²) in [6, 6.07) is 0. The first-order valence-corrected chi connectivity index (χ1v) is 22.2. The lowest BCUT2D eigenvalue weighted by Crippen LogP contribution is -2.06. The van der Waals surface area contributed by atoms with E-state index in [2.05, 4.69) is 27.7 Å². The van der Waals surface area contributed by atoms with Crippen molar-refractivity contribution < 1.29 is 10.2 Å². The van der Waals surface area contributed by atoms with Crippen molar-refractivity contribution in [2.24, 2.45) is 0 Å². The molecular weight excluding hydrogens is 585 g/mol. The lowest BCUT2D eigenvalue weighted by Gasteiger charge is -2.22. The fourth-order valence-electron chi connectivity index (χ4n) is 7.76. The Morgan fingerprint density at radius 3 is 0.542 bits per heavy atom. The molecule has 0 amide bonds. The molecule has 0 aromatic heterocycles. The number of hydrogen-bond acceptors (Lipinski definition) is 2. The van der Waals surface area contributed by atoms with E-state index in [0.29, 0.717) is 11.5 Å². The fraction of sp³-hybridized carbons (Fsp3) is 0.870. The maximum Gasteiger partial charge on any atom is 0.122 e. The maximum atomic E-state index is 12.0. The van der Waals surface area contributed by atoms with E-state index in [1.165, 1.54) is 180 Å². The van der Waals surface area contributed by atoms with Gasteiger partial charge in [0.1, 0.15) is 11.5 Å². The minimum atomic E-state index is 0.572. The Morgan fingerprint density at radius 2 is 0.375 bits per heavy atom. The van der Waals surface area contributed by atoms with Gasteiger partial charge in [-0.3, -0.25) is 0 Å². The minimum Gasteiger partial charge on any atom is -0.507 e. The summed E-state index contributed by atoms with van der Waals surface area (Å²) < 4.78 is 0. The molecule has 0 saturated heterocycles.